The van der Waals surface area contributed by atoms with Gasteiger partial charge in [-0.15, -0.1) is 11.3 Å². The third-order valence-electron chi connectivity index (χ3n) is 3.18. The molecule has 1 aliphatic heterocycles. The summed E-state index contributed by atoms with van der Waals surface area (Å²) in [5.74, 6) is 0. The van der Waals surface area contributed by atoms with E-state index in [1.54, 1.807) is 0 Å². The molecule has 1 atom stereocenters. The van der Waals surface area contributed by atoms with Crippen molar-refractivity contribution in [2.24, 2.45) is 0 Å². The van der Waals surface area contributed by atoms with Crippen molar-refractivity contribution in [3.8, 4) is 0 Å². The Labute approximate surface area is 102 Å². The van der Waals surface area contributed by atoms with Crippen LogP contribution in [0, 0.1) is 13.8 Å². The SMILES string of the molecule is Cc1cc(CNCCC2CCCO2)sc1C. The molecule has 90 valence electrons. The summed E-state index contributed by atoms with van der Waals surface area (Å²) < 4.78 is 5.59. The van der Waals surface area contributed by atoms with Gasteiger partial charge in [0.2, 0.25) is 0 Å². The predicted octanol–water partition coefficient (Wildman–Crippen LogP) is 3.02. The third-order valence-corrected chi connectivity index (χ3v) is 4.34. The molecule has 1 aliphatic rings. The molecule has 1 N–H and O–H groups in total. The molecule has 0 bridgehead atoms. The summed E-state index contributed by atoms with van der Waals surface area (Å²) in [6.45, 7) is 7.41. The molecular weight excluding hydrogens is 218 g/mol. The van der Waals surface area contributed by atoms with Crippen molar-refractivity contribution in [3.63, 3.8) is 0 Å². The maximum atomic E-state index is 5.59. The Hall–Kier alpha value is -0.380. The van der Waals surface area contributed by atoms with Crippen LogP contribution in [0.2, 0.25) is 0 Å². The second-order valence-electron chi connectivity index (χ2n) is 4.55. The summed E-state index contributed by atoms with van der Waals surface area (Å²) in [5.41, 5.74) is 1.42. The molecule has 1 aromatic heterocycles. The zero-order chi connectivity index (χ0) is 11.4. The Morgan fingerprint density at radius 2 is 2.38 bits per heavy atom. The van der Waals surface area contributed by atoms with Crippen molar-refractivity contribution in [2.45, 2.75) is 45.8 Å². The van der Waals surface area contributed by atoms with Crippen LogP contribution in [-0.2, 0) is 11.3 Å². The lowest BCUT2D eigenvalue weighted by atomic mass is 10.2. The van der Waals surface area contributed by atoms with Gasteiger partial charge in [0.05, 0.1) is 6.10 Å². The van der Waals surface area contributed by atoms with Crippen LogP contribution in [0.15, 0.2) is 6.07 Å². The molecule has 3 heteroatoms. The lowest BCUT2D eigenvalue weighted by Gasteiger charge is -2.09. The summed E-state index contributed by atoms with van der Waals surface area (Å²) in [5, 5.41) is 3.50. The summed E-state index contributed by atoms with van der Waals surface area (Å²) in [7, 11) is 0. The minimum Gasteiger partial charge on any atom is -0.378 e. The molecule has 16 heavy (non-hydrogen) atoms. The summed E-state index contributed by atoms with van der Waals surface area (Å²) in [6, 6.07) is 2.29. The monoisotopic (exact) mass is 239 g/mol. The third kappa shape index (κ3) is 3.30. The van der Waals surface area contributed by atoms with E-state index in [4.69, 9.17) is 4.74 Å². The Morgan fingerprint density at radius 3 is 3.00 bits per heavy atom. The summed E-state index contributed by atoms with van der Waals surface area (Å²) >= 11 is 1.90. The van der Waals surface area contributed by atoms with Crippen molar-refractivity contribution < 1.29 is 4.74 Å². The zero-order valence-corrected chi connectivity index (χ0v) is 11.0. The molecule has 2 heterocycles. The fourth-order valence-corrected chi connectivity index (χ4v) is 3.11. The fourth-order valence-electron chi connectivity index (χ4n) is 2.08. The highest BCUT2D eigenvalue weighted by Crippen LogP contribution is 2.20. The van der Waals surface area contributed by atoms with E-state index in [0.29, 0.717) is 6.10 Å². The minimum atomic E-state index is 0.513. The predicted molar refractivity (Wildman–Crippen MR) is 69.1 cm³/mol. The molecule has 0 amide bonds. The van der Waals surface area contributed by atoms with Crippen molar-refractivity contribution in [1.82, 2.24) is 5.32 Å². The normalized spacial score (nSPS) is 20.5. The average Bonchev–Trinajstić information content (AvgIpc) is 2.85. The maximum Gasteiger partial charge on any atom is 0.0588 e. The molecule has 1 aromatic rings. The molecule has 2 nitrogen and oxygen atoms in total. The largest absolute Gasteiger partial charge is 0.378 e. The van der Waals surface area contributed by atoms with E-state index in [9.17, 15) is 0 Å². The van der Waals surface area contributed by atoms with Crippen molar-refractivity contribution in [2.75, 3.05) is 13.2 Å². The van der Waals surface area contributed by atoms with Crippen molar-refractivity contribution in [1.29, 1.82) is 0 Å². The minimum absolute atomic E-state index is 0.513. The quantitative estimate of drug-likeness (QED) is 0.798. The first kappa shape index (κ1) is 12.1. The van der Waals surface area contributed by atoms with Crippen LogP contribution in [-0.4, -0.2) is 19.3 Å². The first-order valence-electron chi connectivity index (χ1n) is 6.14. The number of ether oxygens (including phenoxy) is 1. The van der Waals surface area contributed by atoms with E-state index in [2.05, 4.69) is 25.2 Å². The van der Waals surface area contributed by atoms with E-state index < -0.39 is 0 Å². The number of aryl methyl sites for hydroxylation is 2. The van der Waals surface area contributed by atoms with E-state index >= 15 is 0 Å². The van der Waals surface area contributed by atoms with Gasteiger partial charge in [0.1, 0.15) is 0 Å². The van der Waals surface area contributed by atoms with Gasteiger partial charge in [0.25, 0.3) is 0 Å². The molecule has 0 aromatic carbocycles. The summed E-state index contributed by atoms with van der Waals surface area (Å²) in [6.07, 6.45) is 4.16. The lowest BCUT2D eigenvalue weighted by molar-refractivity contribution is 0.104. The van der Waals surface area contributed by atoms with Crippen LogP contribution in [0.3, 0.4) is 0 Å². The van der Waals surface area contributed by atoms with Crippen LogP contribution in [0.1, 0.15) is 34.6 Å². The Balaban J connectivity index is 1.64. The zero-order valence-electron chi connectivity index (χ0n) is 10.2. The lowest BCUT2D eigenvalue weighted by Crippen LogP contribution is -2.19. The van der Waals surface area contributed by atoms with Gasteiger partial charge < -0.3 is 10.1 Å². The van der Waals surface area contributed by atoms with Crippen molar-refractivity contribution >= 4 is 11.3 Å². The number of hydrogen-bond acceptors (Lipinski definition) is 3. The molecule has 1 fully saturated rings. The molecule has 0 spiro atoms. The highest BCUT2D eigenvalue weighted by Gasteiger charge is 2.14. The van der Waals surface area contributed by atoms with Gasteiger partial charge in [-0.05, 0) is 51.3 Å². The Kier molecular flexibility index (Phi) is 4.38. The molecule has 2 rings (SSSR count). The van der Waals surface area contributed by atoms with E-state index in [-0.39, 0.29) is 0 Å². The number of thiophene rings is 1. The van der Waals surface area contributed by atoms with Gasteiger partial charge in [-0.25, -0.2) is 0 Å². The molecular formula is C13H21NOS. The van der Waals surface area contributed by atoms with E-state index in [0.717, 1.165) is 26.1 Å². The molecule has 0 saturated carbocycles. The number of rotatable bonds is 5. The van der Waals surface area contributed by atoms with Gasteiger partial charge >= 0.3 is 0 Å². The van der Waals surface area contributed by atoms with Gasteiger partial charge in [0.15, 0.2) is 0 Å². The van der Waals surface area contributed by atoms with E-state index in [1.807, 2.05) is 11.3 Å². The second kappa shape index (κ2) is 5.80. The highest BCUT2D eigenvalue weighted by molar-refractivity contribution is 7.12. The van der Waals surface area contributed by atoms with Crippen LogP contribution in [0.5, 0.6) is 0 Å². The summed E-state index contributed by atoms with van der Waals surface area (Å²) in [4.78, 5) is 2.89. The maximum absolute atomic E-state index is 5.59. The Morgan fingerprint density at radius 1 is 1.50 bits per heavy atom. The van der Waals surface area contributed by atoms with E-state index in [1.165, 1.54) is 28.2 Å². The van der Waals surface area contributed by atoms with Crippen LogP contribution >= 0.6 is 11.3 Å². The topological polar surface area (TPSA) is 21.3 Å². The van der Waals surface area contributed by atoms with Crippen molar-refractivity contribution in [3.05, 3.63) is 21.4 Å². The number of nitrogens with one attached hydrogen (secondary N) is 1. The molecule has 0 radical (unpaired) electrons. The fraction of sp³-hybridized carbons (Fsp3) is 0.692. The van der Waals surface area contributed by atoms with Gasteiger partial charge in [-0.2, -0.15) is 0 Å². The first-order valence-corrected chi connectivity index (χ1v) is 6.95. The molecule has 1 saturated heterocycles. The van der Waals surface area contributed by atoms with Crippen LogP contribution in [0.25, 0.3) is 0 Å². The van der Waals surface area contributed by atoms with Gasteiger partial charge in [-0.1, -0.05) is 0 Å². The van der Waals surface area contributed by atoms with Gasteiger partial charge in [0, 0.05) is 22.9 Å². The highest BCUT2D eigenvalue weighted by atomic mass is 32.1. The smallest absolute Gasteiger partial charge is 0.0588 e. The number of hydrogen-bond donors (Lipinski definition) is 1. The second-order valence-corrected chi connectivity index (χ2v) is 5.89. The average molecular weight is 239 g/mol. The Bertz CT molecular complexity index is 309. The molecule has 1 unspecified atom stereocenters. The molecule has 0 aliphatic carbocycles. The van der Waals surface area contributed by atoms with Crippen LogP contribution < -0.4 is 5.32 Å². The van der Waals surface area contributed by atoms with Crippen LogP contribution in [0.4, 0.5) is 0 Å². The standard InChI is InChI=1S/C13H21NOS/c1-10-8-13(16-11(10)2)9-14-6-5-12-4-3-7-15-12/h8,12,14H,3-7,9H2,1-2H3. The first-order chi connectivity index (χ1) is 7.75. The van der Waals surface area contributed by atoms with Gasteiger partial charge in [-0.3, -0.25) is 0 Å².